The molecule has 1 aliphatic heterocycles. The first-order chi connectivity index (χ1) is 10.9. The van der Waals surface area contributed by atoms with Crippen LogP contribution in [0.1, 0.15) is 45.6 Å². The van der Waals surface area contributed by atoms with Gasteiger partial charge in [0.1, 0.15) is 0 Å². The van der Waals surface area contributed by atoms with Crippen LogP contribution in [0.2, 0.25) is 0 Å². The molecule has 1 heterocycles. The number of anilines is 1. The molecule has 1 aromatic carbocycles. The number of benzene rings is 1. The van der Waals surface area contributed by atoms with Crippen LogP contribution >= 0.6 is 0 Å². The Morgan fingerprint density at radius 2 is 1.91 bits per heavy atom. The van der Waals surface area contributed by atoms with E-state index in [4.69, 9.17) is 4.74 Å². The Labute approximate surface area is 140 Å². The second kappa shape index (κ2) is 7.82. The van der Waals surface area contributed by atoms with E-state index in [1.54, 1.807) is 7.11 Å². The molecule has 4 heteroatoms. The van der Waals surface area contributed by atoms with Crippen molar-refractivity contribution in [1.29, 1.82) is 0 Å². The predicted molar refractivity (Wildman–Crippen MR) is 94.5 cm³/mol. The number of hydrogen-bond acceptors (Lipinski definition) is 3. The van der Waals surface area contributed by atoms with Crippen molar-refractivity contribution < 1.29 is 9.53 Å². The van der Waals surface area contributed by atoms with Gasteiger partial charge in [-0.2, -0.15) is 0 Å². The summed E-state index contributed by atoms with van der Waals surface area (Å²) in [7, 11) is 1.72. The van der Waals surface area contributed by atoms with Crippen LogP contribution in [-0.4, -0.2) is 37.0 Å². The number of likely N-dealkylation sites (tertiary alicyclic amines) is 1. The zero-order valence-corrected chi connectivity index (χ0v) is 14.9. The summed E-state index contributed by atoms with van der Waals surface area (Å²) < 4.78 is 5.26. The van der Waals surface area contributed by atoms with Gasteiger partial charge in [-0.1, -0.05) is 39.0 Å². The summed E-state index contributed by atoms with van der Waals surface area (Å²) in [6.45, 7) is 8.66. The van der Waals surface area contributed by atoms with Gasteiger partial charge in [0, 0.05) is 43.9 Å². The number of hydrogen-bond donors (Lipinski definition) is 1. The maximum Gasteiger partial charge on any atom is 0.223 e. The van der Waals surface area contributed by atoms with Gasteiger partial charge in [-0.25, -0.2) is 0 Å². The van der Waals surface area contributed by atoms with E-state index in [0.29, 0.717) is 19.1 Å². The van der Waals surface area contributed by atoms with Gasteiger partial charge in [-0.05, 0) is 24.3 Å². The molecular formula is C19H30N2O2. The molecule has 0 radical (unpaired) electrons. The fraction of sp³-hybridized carbons (Fsp3) is 0.632. The summed E-state index contributed by atoms with van der Waals surface area (Å²) in [5.41, 5.74) is 2.39. The van der Waals surface area contributed by atoms with Crippen molar-refractivity contribution in [3.05, 3.63) is 29.8 Å². The first-order valence-corrected chi connectivity index (χ1v) is 8.50. The molecule has 1 fully saturated rings. The molecule has 0 atom stereocenters. The van der Waals surface area contributed by atoms with Crippen molar-refractivity contribution in [3.63, 3.8) is 0 Å². The molecule has 2 rings (SSSR count). The van der Waals surface area contributed by atoms with E-state index in [9.17, 15) is 4.79 Å². The number of piperidine rings is 1. The fourth-order valence-electron chi connectivity index (χ4n) is 3.00. The second-order valence-corrected chi connectivity index (χ2v) is 7.63. The number of methoxy groups -OCH3 is 1. The van der Waals surface area contributed by atoms with Crippen molar-refractivity contribution >= 4 is 11.6 Å². The zero-order chi connectivity index (χ0) is 16.9. The van der Waals surface area contributed by atoms with Crippen LogP contribution in [0, 0.1) is 5.41 Å². The summed E-state index contributed by atoms with van der Waals surface area (Å²) in [5.74, 6) is 0.288. The molecule has 1 saturated heterocycles. The molecule has 128 valence electrons. The first-order valence-electron chi connectivity index (χ1n) is 8.50. The molecule has 1 aromatic rings. The van der Waals surface area contributed by atoms with Gasteiger partial charge in [-0.15, -0.1) is 0 Å². The Morgan fingerprint density at radius 3 is 2.52 bits per heavy atom. The van der Waals surface area contributed by atoms with Crippen LogP contribution in [-0.2, 0) is 16.1 Å². The summed E-state index contributed by atoms with van der Waals surface area (Å²) >= 11 is 0. The van der Waals surface area contributed by atoms with Crippen molar-refractivity contribution in [2.45, 2.75) is 52.7 Å². The standard InChI is InChI=1S/C19H30N2O2/c1-19(2,3)13-18(22)21-11-9-16(10-12-21)20-17-8-6-5-7-15(17)14-23-4/h5-8,16,20H,9-14H2,1-4H3. The Hall–Kier alpha value is -1.55. The number of nitrogens with one attached hydrogen (secondary N) is 1. The maximum absolute atomic E-state index is 12.3. The number of ether oxygens (including phenoxy) is 1. The monoisotopic (exact) mass is 318 g/mol. The molecular weight excluding hydrogens is 288 g/mol. The summed E-state index contributed by atoms with van der Waals surface area (Å²) in [5, 5.41) is 3.62. The highest BCUT2D eigenvalue weighted by molar-refractivity contribution is 5.77. The van der Waals surface area contributed by atoms with Gasteiger partial charge in [0.2, 0.25) is 5.91 Å². The van der Waals surface area contributed by atoms with Gasteiger partial charge >= 0.3 is 0 Å². The molecule has 1 aliphatic rings. The molecule has 4 nitrogen and oxygen atoms in total. The van der Waals surface area contributed by atoms with Gasteiger partial charge < -0.3 is 15.0 Å². The molecule has 0 unspecified atom stereocenters. The van der Waals surface area contributed by atoms with Crippen molar-refractivity contribution in [3.8, 4) is 0 Å². The maximum atomic E-state index is 12.3. The lowest BCUT2D eigenvalue weighted by atomic mass is 9.91. The third-order valence-corrected chi connectivity index (χ3v) is 4.21. The summed E-state index contributed by atoms with van der Waals surface area (Å²) in [4.78, 5) is 14.3. The number of amides is 1. The minimum Gasteiger partial charge on any atom is -0.382 e. The van der Waals surface area contributed by atoms with Gasteiger partial charge in [0.05, 0.1) is 6.61 Å². The lowest BCUT2D eigenvalue weighted by Crippen LogP contribution is -2.43. The molecule has 23 heavy (non-hydrogen) atoms. The molecule has 0 saturated carbocycles. The quantitative estimate of drug-likeness (QED) is 0.900. The zero-order valence-electron chi connectivity index (χ0n) is 14.9. The van der Waals surface area contributed by atoms with Crippen LogP contribution in [0.3, 0.4) is 0 Å². The Kier molecular flexibility index (Phi) is 6.05. The smallest absolute Gasteiger partial charge is 0.223 e. The van der Waals surface area contributed by atoms with E-state index in [2.05, 4.69) is 38.2 Å². The highest BCUT2D eigenvalue weighted by Crippen LogP contribution is 2.24. The summed E-state index contributed by atoms with van der Waals surface area (Å²) in [6, 6.07) is 8.70. The molecule has 1 amide bonds. The van der Waals surface area contributed by atoms with Gasteiger partial charge in [0.25, 0.3) is 0 Å². The van der Waals surface area contributed by atoms with Crippen LogP contribution in [0.4, 0.5) is 5.69 Å². The van der Waals surface area contributed by atoms with E-state index < -0.39 is 0 Å². The Bertz CT molecular complexity index is 514. The van der Waals surface area contributed by atoms with E-state index in [1.807, 2.05) is 17.0 Å². The minimum atomic E-state index is 0.0608. The van der Waals surface area contributed by atoms with Crippen LogP contribution < -0.4 is 5.32 Å². The van der Waals surface area contributed by atoms with Crippen molar-refractivity contribution in [2.75, 3.05) is 25.5 Å². The largest absolute Gasteiger partial charge is 0.382 e. The highest BCUT2D eigenvalue weighted by atomic mass is 16.5. The third-order valence-electron chi connectivity index (χ3n) is 4.21. The fourth-order valence-corrected chi connectivity index (χ4v) is 3.00. The third kappa shape index (κ3) is 5.54. The topological polar surface area (TPSA) is 41.6 Å². The molecule has 1 N–H and O–H groups in total. The lowest BCUT2D eigenvalue weighted by molar-refractivity contribution is -0.134. The highest BCUT2D eigenvalue weighted by Gasteiger charge is 2.26. The van der Waals surface area contributed by atoms with Gasteiger partial charge in [0.15, 0.2) is 0 Å². The normalized spacial score (nSPS) is 16.4. The average molecular weight is 318 g/mol. The summed E-state index contributed by atoms with van der Waals surface area (Å²) in [6.07, 6.45) is 2.62. The molecule has 0 bridgehead atoms. The van der Waals surface area contributed by atoms with Crippen molar-refractivity contribution in [2.24, 2.45) is 5.41 Å². The van der Waals surface area contributed by atoms with Crippen molar-refractivity contribution in [1.82, 2.24) is 4.90 Å². The SMILES string of the molecule is COCc1ccccc1NC1CCN(C(=O)CC(C)(C)C)CC1. The van der Waals surface area contributed by atoms with E-state index in [1.165, 1.54) is 5.56 Å². The minimum absolute atomic E-state index is 0.0608. The predicted octanol–water partition coefficient (Wildman–Crippen LogP) is 3.67. The number of carbonyl (C=O) groups is 1. The number of carbonyl (C=O) groups excluding carboxylic acids is 1. The van der Waals surface area contributed by atoms with E-state index >= 15 is 0 Å². The Balaban J connectivity index is 1.87. The number of nitrogens with zero attached hydrogens (tertiary/aromatic N) is 1. The molecule has 0 aromatic heterocycles. The van der Waals surface area contributed by atoms with E-state index in [-0.39, 0.29) is 11.3 Å². The number of para-hydroxylation sites is 1. The molecule has 0 spiro atoms. The van der Waals surface area contributed by atoms with Crippen LogP contribution in [0.25, 0.3) is 0 Å². The van der Waals surface area contributed by atoms with E-state index in [0.717, 1.165) is 31.6 Å². The number of rotatable bonds is 5. The van der Waals surface area contributed by atoms with Gasteiger partial charge in [-0.3, -0.25) is 4.79 Å². The van der Waals surface area contributed by atoms with Crippen LogP contribution in [0.5, 0.6) is 0 Å². The Morgan fingerprint density at radius 1 is 1.26 bits per heavy atom. The van der Waals surface area contributed by atoms with Crippen LogP contribution in [0.15, 0.2) is 24.3 Å². The average Bonchev–Trinajstić information content (AvgIpc) is 2.48. The second-order valence-electron chi connectivity index (χ2n) is 7.63. The lowest BCUT2D eigenvalue weighted by Gasteiger charge is -2.34. The first kappa shape index (κ1) is 17.8. The molecule has 0 aliphatic carbocycles.